The van der Waals surface area contributed by atoms with E-state index in [2.05, 4.69) is 15.9 Å². The molecular weight excluding hydrogens is 430 g/mol. The smallest absolute Gasteiger partial charge is 0.303 e. The number of carbonyl (C=O) groups is 2. The van der Waals surface area contributed by atoms with Crippen LogP contribution in [0.1, 0.15) is 29.6 Å². The third kappa shape index (κ3) is 5.89. The number of hydrogen-bond donors (Lipinski definition) is 1. The van der Waals surface area contributed by atoms with Crippen molar-refractivity contribution in [1.29, 1.82) is 0 Å². The van der Waals surface area contributed by atoms with E-state index in [1.165, 1.54) is 0 Å². The summed E-state index contributed by atoms with van der Waals surface area (Å²) in [6, 6.07) is 17.5. The van der Waals surface area contributed by atoms with E-state index in [1.54, 1.807) is 7.11 Å². The predicted molar refractivity (Wildman–Crippen MR) is 132 cm³/mol. The molecule has 7 nitrogen and oxygen atoms in total. The van der Waals surface area contributed by atoms with Crippen molar-refractivity contribution >= 4 is 17.6 Å². The van der Waals surface area contributed by atoms with Gasteiger partial charge in [-0.1, -0.05) is 30.3 Å². The fourth-order valence-electron chi connectivity index (χ4n) is 5.30. The molecule has 0 spiro atoms. The number of anilines is 1. The number of rotatable bonds is 8. The molecule has 0 radical (unpaired) electrons. The van der Waals surface area contributed by atoms with Crippen molar-refractivity contribution in [3.05, 3.63) is 60.2 Å². The molecule has 2 unspecified atom stereocenters. The first-order valence-corrected chi connectivity index (χ1v) is 12.2. The Balaban J connectivity index is 1.33. The van der Waals surface area contributed by atoms with Crippen LogP contribution in [-0.4, -0.2) is 79.7 Å². The van der Waals surface area contributed by atoms with Gasteiger partial charge in [0, 0.05) is 51.3 Å². The molecule has 2 atom stereocenters. The lowest BCUT2D eigenvalue weighted by atomic mass is 9.81. The maximum absolute atomic E-state index is 13.0. The Bertz CT molecular complexity index is 959. The van der Waals surface area contributed by atoms with E-state index >= 15 is 0 Å². The Morgan fingerprint density at radius 3 is 2.35 bits per heavy atom. The molecule has 2 aromatic rings. The maximum Gasteiger partial charge on any atom is 0.303 e. The van der Waals surface area contributed by atoms with Gasteiger partial charge in [-0.25, -0.2) is 0 Å². The molecule has 1 amide bonds. The second kappa shape index (κ2) is 11.4. The number of piperazine rings is 1. The minimum Gasteiger partial charge on any atom is -0.495 e. The summed E-state index contributed by atoms with van der Waals surface area (Å²) in [5, 5.41) is 9.43. The molecule has 7 heteroatoms. The molecular formula is C27H35N3O4. The topological polar surface area (TPSA) is 73.3 Å². The van der Waals surface area contributed by atoms with Gasteiger partial charge in [0.2, 0.25) is 0 Å². The van der Waals surface area contributed by atoms with Crippen LogP contribution in [0.4, 0.5) is 5.69 Å². The molecule has 34 heavy (non-hydrogen) atoms. The number of amides is 1. The molecule has 2 heterocycles. The highest BCUT2D eigenvalue weighted by molar-refractivity contribution is 5.94. The molecule has 2 aliphatic rings. The van der Waals surface area contributed by atoms with E-state index < -0.39 is 5.97 Å². The third-order valence-corrected chi connectivity index (χ3v) is 7.25. The summed E-state index contributed by atoms with van der Waals surface area (Å²) in [6.07, 6.45) is 1.84. The van der Waals surface area contributed by atoms with Crippen LogP contribution in [0.5, 0.6) is 5.75 Å². The van der Waals surface area contributed by atoms with Gasteiger partial charge >= 0.3 is 5.97 Å². The zero-order valence-corrected chi connectivity index (χ0v) is 19.9. The zero-order valence-electron chi connectivity index (χ0n) is 19.9. The molecule has 2 saturated heterocycles. The van der Waals surface area contributed by atoms with Crippen molar-refractivity contribution in [1.82, 2.24) is 9.80 Å². The molecule has 2 fully saturated rings. The second-order valence-corrected chi connectivity index (χ2v) is 9.31. The van der Waals surface area contributed by atoms with Crippen LogP contribution in [0.15, 0.2) is 54.6 Å². The number of methoxy groups -OCH3 is 1. The van der Waals surface area contributed by atoms with Crippen LogP contribution in [0.25, 0.3) is 0 Å². The molecule has 2 aromatic carbocycles. The van der Waals surface area contributed by atoms with Crippen molar-refractivity contribution in [3.63, 3.8) is 0 Å². The number of carbonyl (C=O) groups excluding carboxylic acids is 1. The Morgan fingerprint density at radius 1 is 0.941 bits per heavy atom. The van der Waals surface area contributed by atoms with E-state index in [-0.39, 0.29) is 24.2 Å². The molecule has 0 bridgehead atoms. The Kier molecular flexibility index (Phi) is 8.06. The standard InChI is InChI=1S/C27H35N3O4/c1-34-25-10-6-5-9-24(25)29-17-15-28(16-18-29)13-11-23-20-30(14-12-22(23)19-26(31)32)27(33)21-7-3-2-4-8-21/h2-10,22-23H,11-20H2,1H3,(H,31,32). The number of carboxylic acid groups (broad SMARTS) is 1. The second-order valence-electron chi connectivity index (χ2n) is 9.31. The van der Waals surface area contributed by atoms with E-state index in [0.29, 0.717) is 18.7 Å². The lowest BCUT2D eigenvalue weighted by Gasteiger charge is -2.40. The minimum absolute atomic E-state index is 0.0461. The average molecular weight is 466 g/mol. The minimum atomic E-state index is -0.747. The van der Waals surface area contributed by atoms with Crippen molar-refractivity contribution in [3.8, 4) is 5.75 Å². The normalized spacial score (nSPS) is 21.3. The summed E-state index contributed by atoms with van der Waals surface area (Å²) in [5.74, 6) is 0.517. The fourth-order valence-corrected chi connectivity index (χ4v) is 5.30. The SMILES string of the molecule is COc1ccccc1N1CCN(CCC2CN(C(=O)c3ccccc3)CCC2CC(=O)O)CC1. The van der Waals surface area contributed by atoms with Gasteiger partial charge in [-0.15, -0.1) is 0 Å². The van der Waals surface area contributed by atoms with Gasteiger partial charge in [-0.05, 0) is 55.5 Å². The van der Waals surface area contributed by atoms with Crippen LogP contribution in [0.3, 0.4) is 0 Å². The first-order valence-electron chi connectivity index (χ1n) is 12.2. The van der Waals surface area contributed by atoms with Gasteiger partial charge in [0.15, 0.2) is 0 Å². The molecule has 2 aliphatic heterocycles. The van der Waals surface area contributed by atoms with Gasteiger partial charge < -0.3 is 19.6 Å². The quantitative estimate of drug-likeness (QED) is 0.644. The van der Waals surface area contributed by atoms with Crippen molar-refractivity contribution in [2.45, 2.75) is 19.3 Å². The fraction of sp³-hybridized carbons (Fsp3) is 0.481. The Labute approximate surface area is 201 Å². The number of ether oxygens (including phenoxy) is 1. The molecule has 1 N–H and O–H groups in total. The number of para-hydroxylation sites is 2. The molecule has 0 saturated carbocycles. The van der Waals surface area contributed by atoms with Gasteiger partial charge in [-0.2, -0.15) is 0 Å². The van der Waals surface area contributed by atoms with Gasteiger partial charge in [0.25, 0.3) is 5.91 Å². The largest absolute Gasteiger partial charge is 0.495 e. The first kappa shape index (κ1) is 24.1. The van der Waals surface area contributed by atoms with Crippen LogP contribution in [0.2, 0.25) is 0 Å². The van der Waals surface area contributed by atoms with Crippen molar-refractivity contribution in [2.75, 3.05) is 57.8 Å². The maximum atomic E-state index is 13.0. The number of aliphatic carboxylic acids is 1. The monoisotopic (exact) mass is 465 g/mol. The van der Waals surface area contributed by atoms with Crippen LogP contribution in [-0.2, 0) is 4.79 Å². The number of piperidine rings is 1. The number of hydrogen-bond acceptors (Lipinski definition) is 5. The highest BCUT2D eigenvalue weighted by atomic mass is 16.5. The summed E-state index contributed by atoms with van der Waals surface area (Å²) in [7, 11) is 1.71. The van der Waals surface area contributed by atoms with E-state index in [4.69, 9.17) is 4.74 Å². The van der Waals surface area contributed by atoms with Crippen LogP contribution >= 0.6 is 0 Å². The Hall–Kier alpha value is -3.06. The summed E-state index contributed by atoms with van der Waals surface area (Å²) in [4.78, 5) is 31.2. The summed E-state index contributed by atoms with van der Waals surface area (Å²) >= 11 is 0. The summed E-state index contributed by atoms with van der Waals surface area (Å²) in [5.41, 5.74) is 1.83. The summed E-state index contributed by atoms with van der Waals surface area (Å²) in [6.45, 7) is 5.97. The third-order valence-electron chi connectivity index (χ3n) is 7.25. The van der Waals surface area contributed by atoms with Crippen LogP contribution < -0.4 is 9.64 Å². The lowest BCUT2D eigenvalue weighted by Crippen LogP contribution is -2.48. The van der Waals surface area contributed by atoms with Crippen molar-refractivity contribution < 1.29 is 19.4 Å². The van der Waals surface area contributed by atoms with Crippen LogP contribution in [0, 0.1) is 11.8 Å². The molecule has 0 aliphatic carbocycles. The highest BCUT2D eigenvalue weighted by Crippen LogP contribution is 2.31. The number of benzene rings is 2. The molecule has 182 valence electrons. The van der Waals surface area contributed by atoms with E-state index in [1.807, 2.05) is 53.4 Å². The average Bonchev–Trinajstić information content (AvgIpc) is 2.88. The molecule has 4 rings (SSSR count). The van der Waals surface area contributed by atoms with Gasteiger partial charge in [-0.3, -0.25) is 14.5 Å². The van der Waals surface area contributed by atoms with Gasteiger partial charge in [0.05, 0.1) is 12.8 Å². The van der Waals surface area contributed by atoms with Crippen molar-refractivity contribution in [2.24, 2.45) is 11.8 Å². The summed E-state index contributed by atoms with van der Waals surface area (Å²) < 4.78 is 5.52. The lowest BCUT2D eigenvalue weighted by molar-refractivity contribution is -0.139. The zero-order chi connectivity index (χ0) is 23.9. The highest BCUT2D eigenvalue weighted by Gasteiger charge is 2.33. The number of likely N-dealkylation sites (tertiary alicyclic amines) is 1. The van der Waals surface area contributed by atoms with E-state index in [9.17, 15) is 14.7 Å². The first-order chi connectivity index (χ1) is 16.5. The Morgan fingerprint density at radius 2 is 1.65 bits per heavy atom. The predicted octanol–water partition coefficient (Wildman–Crippen LogP) is 3.46. The van der Waals surface area contributed by atoms with E-state index in [0.717, 1.165) is 57.0 Å². The molecule has 0 aromatic heterocycles. The number of carboxylic acids is 1. The van der Waals surface area contributed by atoms with Gasteiger partial charge in [0.1, 0.15) is 5.75 Å². The number of nitrogens with zero attached hydrogens (tertiary/aromatic N) is 3.